The zero-order chi connectivity index (χ0) is 28.3. The van der Waals surface area contributed by atoms with Crippen molar-refractivity contribution in [2.75, 3.05) is 0 Å². The van der Waals surface area contributed by atoms with Crippen LogP contribution in [0.1, 0.15) is 49.7 Å². The number of carbonyl (C=O) groups excluding carboxylic acids is 1. The van der Waals surface area contributed by atoms with Gasteiger partial charge in [0.25, 0.3) is 0 Å². The van der Waals surface area contributed by atoms with Crippen molar-refractivity contribution in [2.45, 2.75) is 80.7 Å². The molecule has 1 heterocycles. The van der Waals surface area contributed by atoms with E-state index in [-0.39, 0.29) is 24.8 Å². The smallest absolute Gasteiger partial charge is 0.475 e. The highest BCUT2D eigenvalue weighted by Crippen LogP contribution is 2.52. The summed E-state index contributed by atoms with van der Waals surface area (Å²) in [5.74, 6) is -3.69. The highest BCUT2D eigenvalue weighted by atomic mass is 19.4. The lowest BCUT2D eigenvalue weighted by atomic mass is 9.88. The zero-order valence-electron chi connectivity index (χ0n) is 19.0. The highest BCUT2D eigenvalue weighted by molar-refractivity contribution is 5.82. The molecule has 1 fully saturated rings. The third-order valence-corrected chi connectivity index (χ3v) is 5.95. The number of hydrogen-bond donors (Lipinski definition) is 3. The van der Waals surface area contributed by atoms with Gasteiger partial charge < -0.3 is 16.2 Å². The van der Waals surface area contributed by atoms with Crippen molar-refractivity contribution in [1.82, 2.24) is 5.32 Å². The van der Waals surface area contributed by atoms with Crippen molar-refractivity contribution in [1.29, 1.82) is 0 Å². The lowest BCUT2D eigenvalue weighted by Gasteiger charge is -2.36. The van der Waals surface area contributed by atoms with Gasteiger partial charge in [-0.25, -0.2) is 4.79 Å². The first-order valence-corrected chi connectivity index (χ1v) is 10.9. The fourth-order valence-corrected chi connectivity index (χ4v) is 3.80. The number of benzene rings is 1. The van der Waals surface area contributed by atoms with Gasteiger partial charge in [0.05, 0.1) is 6.04 Å². The SMILES string of the molecule is NC(Cc1ccc(C2(C(F)(F)F)N=N2)cc1)C(=O)NC1(C(F)(F)F)CCCCCC1.O=C(O)C(F)(F)F. The highest BCUT2D eigenvalue weighted by Gasteiger charge is 2.65. The molecule has 1 aliphatic heterocycles. The molecule has 1 amide bonds. The fraction of sp³-hybridized carbons (Fsp3) is 0.619. The molecule has 4 N–H and O–H groups in total. The maximum Gasteiger partial charge on any atom is 0.490 e. The second-order valence-corrected chi connectivity index (χ2v) is 8.66. The first-order chi connectivity index (χ1) is 16.8. The number of carbonyl (C=O) groups is 2. The van der Waals surface area contributed by atoms with Gasteiger partial charge in [-0.05, 0) is 24.8 Å². The summed E-state index contributed by atoms with van der Waals surface area (Å²) in [6.07, 6.45) is -12.8. The second-order valence-electron chi connectivity index (χ2n) is 8.66. The van der Waals surface area contributed by atoms with Crippen molar-refractivity contribution < 1.29 is 54.2 Å². The van der Waals surface area contributed by atoms with Gasteiger partial charge in [-0.3, -0.25) is 4.79 Å². The molecule has 2 aliphatic rings. The molecule has 1 unspecified atom stereocenters. The molecule has 0 spiro atoms. The van der Waals surface area contributed by atoms with E-state index in [1.807, 2.05) is 0 Å². The average Bonchev–Trinajstić information content (AvgIpc) is 3.59. The van der Waals surface area contributed by atoms with E-state index in [0.29, 0.717) is 31.2 Å². The zero-order valence-corrected chi connectivity index (χ0v) is 19.0. The minimum absolute atomic E-state index is 0.118. The second kappa shape index (κ2) is 10.8. The quantitative estimate of drug-likeness (QED) is 0.348. The van der Waals surface area contributed by atoms with Crippen LogP contribution in [0.5, 0.6) is 0 Å². The Labute approximate surface area is 204 Å². The number of carboxylic acids is 1. The Kier molecular flexibility index (Phi) is 8.87. The number of alkyl halides is 9. The van der Waals surface area contributed by atoms with Crippen LogP contribution in [0.3, 0.4) is 0 Å². The molecular weight excluding hydrogens is 527 g/mol. The molecular formula is C21H23F9N4O3. The van der Waals surface area contributed by atoms with Crippen LogP contribution in [-0.2, 0) is 21.7 Å². The molecule has 1 aromatic rings. The summed E-state index contributed by atoms with van der Waals surface area (Å²) in [7, 11) is 0. The molecule has 16 heteroatoms. The van der Waals surface area contributed by atoms with Gasteiger partial charge >= 0.3 is 30.2 Å². The maximum atomic E-state index is 13.7. The Morgan fingerprint density at radius 1 is 0.892 bits per heavy atom. The molecule has 0 radical (unpaired) electrons. The van der Waals surface area contributed by atoms with E-state index in [2.05, 4.69) is 15.5 Å². The number of nitrogens with one attached hydrogen (secondary N) is 1. The van der Waals surface area contributed by atoms with Crippen LogP contribution in [0.4, 0.5) is 39.5 Å². The number of rotatable bonds is 5. The van der Waals surface area contributed by atoms with Crippen LogP contribution < -0.4 is 11.1 Å². The van der Waals surface area contributed by atoms with Gasteiger partial charge in [0, 0.05) is 5.56 Å². The molecule has 208 valence electrons. The van der Waals surface area contributed by atoms with E-state index in [4.69, 9.17) is 15.6 Å². The van der Waals surface area contributed by atoms with Gasteiger partial charge in [0.15, 0.2) is 0 Å². The molecule has 1 saturated carbocycles. The molecule has 0 saturated heterocycles. The number of nitrogens with zero attached hydrogens (tertiary/aromatic N) is 2. The Balaban J connectivity index is 0.000000604. The predicted molar refractivity (Wildman–Crippen MR) is 109 cm³/mol. The number of hydrogen-bond acceptors (Lipinski definition) is 5. The molecule has 7 nitrogen and oxygen atoms in total. The van der Waals surface area contributed by atoms with Crippen molar-refractivity contribution in [3.63, 3.8) is 0 Å². The lowest BCUT2D eigenvalue weighted by molar-refractivity contribution is -0.202. The van der Waals surface area contributed by atoms with Crippen molar-refractivity contribution in [3.05, 3.63) is 35.4 Å². The van der Waals surface area contributed by atoms with E-state index >= 15 is 0 Å². The Hall–Kier alpha value is -2.91. The van der Waals surface area contributed by atoms with Crippen LogP contribution >= 0.6 is 0 Å². The van der Waals surface area contributed by atoms with Crippen molar-refractivity contribution >= 4 is 11.9 Å². The molecule has 1 aromatic carbocycles. The molecule has 1 aliphatic carbocycles. The van der Waals surface area contributed by atoms with Crippen LogP contribution in [0.25, 0.3) is 0 Å². The van der Waals surface area contributed by atoms with Crippen molar-refractivity contribution in [2.24, 2.45) is 16.0 Å². The van der Waals surface area contributed by atoms with Crippen LogP contribution in [0, 0.1) is 0 Å². The van der Waals surface area contributed by atoms with E-state index in [9.17, 15) is 44.3 Å². The molecule has 0 aromatic heterocycles. The van der Waals surface area contributed by atoms with Gasteiger partial charge in [-0.2, -0.15) is 39.5 Å². The van der Waals surface area contributed by atoms with Gasteiger partial charge in [0.2, 0.25) is 5.91 Å². The molecule has 1 atom stereocenters. The summed E-state index contributed by atoms with van der Waals surface area (Å²) in [6.45, 7) is 0. The van der Waals surface area contributed by atoms with Gasteiger partial charge in [-0.15, -0.1) is 10.2 Å². The van der Waals surface area contributed by atoms with Gasteiger partial charge in [-0.1, -0.05) is 49.9 Å². The summed E-state index contributed by atoms with van der Waals surface area (Å²) in [4.78, 5) is 21.3. The predicted octanol–water partition coefficient (Wildman–Crippen LogP) is 5.14. The first kappa shape index (κ1) is 30.3. The molecule has 0 bridgehead atoms. The number of amides is 1. The molecule has 3 rings (SSSR count). The monoisotopic (exact) mass is 550 g/mol. The maximum absolute atomic E-state index is 13.7. The Morgan fingerprint density at radius 2 is 1.35 bits per heavy atom. The average molecular weight is 550 g/mol. The van der Waals surface area contributed by atoms with E-state index < -0.39 is 47.6 Å². The largest absolute Gasteiger partial charge is 0.490 e. The van der Waals surface area contributed by atoms with E-state index in [0.717, 1.165) is 0 Å². The number of halogens is 9. The first-order valence-electron chi connectivity index (χ1n) is 10.9. The van der Waals surface area contributed by atoms with Gasteiger partial charge in [0.1, 0.15) is 5.54 Å². The van der Waals surface area contributed by atoms with Crippen molar-refractivity contribution in [3.8, 4) is 0 Å². The van der Waals surface area contributed by atoms with Crippen LogP contribution in [0.15, 0.2) is 34.5 Å². The summed E-state index contributed by atoms with van der Waals surface area (Å²) in [5.41, 5.74) is 1.21. The fourth-order valence-electron chi connectivity index (χ4n) is 3.80. The summed E-state index contributed by atoms with van der Waals surface area (Å²) in [5, 5.41) is 15.5. The summed E-state index contributed by atoms with van der Waals surface area (Å²) in [6, 6.07) is 3.76. The molecule has 37 heavy (non-hydrogen) atoms. The standard InChI is InChI=1S/C19H22F6N4O.C2HF3O2/c20-18(21,22)16(9-3-1-2-4-10-16)27-15(30)14(26)11-12-5-7-13(8-6-12)17(28-29-17)19(23,24)25;3-2(4,5)1(6)7/h5-8,14H,1-4,9-11,26H2,(H,27,30);(H,6,7). The third kappa shape index (κ3) is 7.32. The number of carboxylic acid groups (broad SMARTS) is 1. The van der Waals surface area contributed by atoms with E-state index in [1.165, 1.54) is 24.3 Å². The normalized spacial score (nSPS) is 19.6. The minimum atomic E-state index is -5.08. The Morgan fingerprint density at radius 3 is 1.70 bits per heavy atom. The summed E-state index contributed by atoms with van der Waals surface area (Å²) < 4.78 is 112. The van der Waals surface area contributed by atoms with Crippen LogP contribution in [-0.4, -0.2) is 47.1 Å². The van der Waals surface area contributed by atoms with E-state index in [1.54, 1.807) is 0 Å². The van der Waals surface area contributed by atoms with Crippen LogP contribution in [0.2, 0.25) is 0 Å². The number of aliphatic carboxylic acids is 1. The lowest BCUT2D eigenvalue weighted by Crippen LogP contribution is -2.61. The third-order valence-electron chi connectivity index (χ3n) is 5.95. The Bertz CT molecular complexity index is 975. The topological polar surface area (TPSA) is 117 Å². The minimum Gasteiger partial charge on any atom is -0.475 e. The summed E-state index contributed by atoms with van der Waals surface area (Å²) >= 11 is 0. The number of nitrogens with two attached hydrogens (primary N) is 1.